The minimum absolute atomic E-state index is 0.189. The lowest BCUT2D eigenvalue weighted by Crippen LogP contribution is -2.09. The van der Waals surface area contributed by atoms with Crippen molar-refractivity contribution in [3.63, 3.8) is 0 Å². The Hall–Kier alpha value is -0.0900. The maximum Gasteiger partial charge on any atom is 0.147 e. The Balaban J connectivity index is 3.30. The van der Waals surface area contributed by atoms with E-state index in [1.165, 1.54) is 6.26 Å². The van der Waals surface area contributed by atoms with Gasteiger partial charge in [-0.2, -0.15) is 0 Å². The average molecular weight is 180 g/mol. The summed E-state index contributed by atoms with van der Waals surface area (Å²) in [6.07, 6.45) is 2.02. The topological polar surface area (TPSA) is 43.4 Å². The Morgan fingerprint density at radius 2 is 1.91 bits per heavy atom. The lowest BCUT2D eigenvalue weighted by Gasteiger charge is -2.05. The van der Waals surface area contributed by atoms with Crippen molar-refractivity contribution >= 4 is 9.84 Å². The molecule has 0 bridgehead atoms. The van der Waals surface area contributed by atoms with Gasteiger partial charge >= 0.3 is 0 Å². The standard InChI is InChI=1S/C7H16O3S/c1-7(2)10-5-4-6-11(3,8)9/h7H,4-6H2,1-3H3. The first-order valence-electron chi connectivity index (χ1n) is 3.71. The highest BCUT2D eigenvalue weighted by molar-refractivity contribution is 7.90. The molecule has 0 aliphatic carbocycles. The van der Waals surface area contributed by atoms with Gasteiger partial charge in [-0.25, -0.2) is 8.42 Å². The molecule has 4 heteroatoms. The molecule has 0 radical (unpaired) electrons. The molecular weight excluding hydrogens is 164 g/mol. The highest BCUT2D eigenvalue weighted by atomic mass is 32.2. The summed E-state index contributed by atoms with van der Waals surface area (Å²) in [5, 5.41) is 0. The van der Waals surface area contributed by atoms with E-state index in [9.17, 15) is 8.42 Å². The van der Waals surface area contributed by atoms with Crippen LogP contribution in [0, 0.1) is 0 Å². The Bertz CT molecular complexity index is 182. The van der Waals surface area contributed by atoms with Crippen molar-refractivity contribution in [1.82, 2.24) is 0 Å². The third-order valence-electron chi connectivity index (χ3n) is 1.11. The molecule has 0 rings (SSSR count). The molecule has 0 spiro atoms. The number of ether oxygens (including phenoxy) is 1. The van der Waals surface area contributed by atoms with Gasteiger partial charge in [0, 0.05) is 12.9 Å². The molecule has 0 saturated carbocycles. The third-order valence-corrected chi connectivity index (χ3v) is 2.14. The van der Waals surface area contributed by atoms with E-state index in [4.69, 9.17) is 4.74 Å². The van der Waals surface area contributed by atoms with Crippen LogP contribution >= 0.6 is 0 Å². The molecule has 0 aromatic rings. The van der Waals surface area contributed by atoms with E-state index >= 15 is 0 Å². The van der Waals surface area contributed by atoms with Crippen molar-refractivity contribution in [2.75, 3.05) is 18.6 Å². The maximum atomic E-state index is 10.6. The number of rotatable bonds is 5. The minimum Gasteiger partial charge on any atom is -0.379 e. The van der Waals surface area contributed by atoms with Crippen molar-refractivity contribution in [2.24, 2.45) is 0 Å². The zero-order valence-electron chi connectivity index (χ0n) is 7.33. The van der Waals surface area contributed by atoms with Crippen LogP contribution in [0.25, 0.3) is 0 Å². The zero-order chi connectivity index (χ0) is 8.91. The fraction of sp³-hybridized carbons (Fsp3) is 1.00. The van der Waals surface area contributed by atoms with E-state index in [1.807, 2.05) is 13.8 Å². The second kappa shape index (κ2) is 4.72. The largest absolute Gasteiger partial charge is 0.379 e. The molecule has 0 N–H and O–H groups in total. The van der Waals surface area contributed by atoms with Crippen molar-refractivity contribution < 1.29 is 13.2 Å². The van der Waals surface area contributed by atoms with E-state index in [0.29, 0.717) is 13.0 Å². The zero-order valence-corrected chi connectivity index (χ0v) is 8.15. The van der Waals surface area contributed by atoms with Crippen LogP contribution in [0.5, 0.6) is 0 Å². The van der Waals surface area contributed by atoms with E-state index in [2.05, 4.69) is 0 Å². The van der Waals surface area contributed by atoms with Crippen LogP contribution in [0.15, 0.2) is 0 Å². The van der Waals surface area contributed by atoms with Gasteiger partial charge in [-0.3, -0.25) is 0 Å². The van der Waals surface area contributed by atoms with E-state index < -0.39 is 9.84 Å². The summed E-state index contributed by atoms with van der Waals surface area (Å²) >= 11 is 0. The summed E-state index contributed by atoms with van der Waals surface area (Å²) in [6.45, 7) is 4.39. The summed E-state index contributed by atoms with van der Waals surface area (Å²) < 4.78 is 26.4. The van der Waals surface area contributed by atoms with E-state index in [1.54, 1.807) is 0 Å². The Kier molecular flexibility index (Phi) is 4.68. The average Bonchev–Trinajstić information content (AvgIpc) is 1.78. The molecule has 0 aromatic carbocycles. The minimum atomic E-state index is -2.80. The van der Waals surface area contributed by atoms with Crippen LogP contribution in [-0.2, 0) is 14.6 Å². The molecular formula is C7H16O3S. The lowest BCUT2D eigenvalue weighted by molar-refractivity contribution is 0.0797. The SMILES string of the molecule is CC(C)OCCCS(C)(=O)=O. The van der Waals surface area contributed by atoms with Gasteiger partial charge in [-0.15, -0.1) is 0 Å². The summed E-state index contributed by atoms with van der Waals surface area (Å²) in [7, 11) is -2.80. The maximum absolute atomic E-state index is 10.6. The Morgan fingerprint density at radius 3 is 2.27 bits per heavy atom. The van der Waals surface area contributed by atoms with Crippen molar-refractivity contribution in [3.8, 4) is 0 Å². The predicted octanol–water partition coefficient (Wildman–Crippen LogP) is 0.846. The molecule has 0 fully saturated rings. The first-order chi connectivity index (χ1) is 4.92. The Labute approximate surface area is 68.7 Å². The van der Waals surface area contributed by atoms with Crippen LogP contribution in [0.4, 0.5) is 0 Å². The molecule has 0 aliphatic rings. The molecule has 3 nitrogen and oxygen atoms in total. The smallest absolute Gasteiger partial charge is 0.147 e. The van der Waals surface area contributed by atoms with Gasteiger partial charge < -0.3 is 4.74 Å². The predicted molar refractivity (Wildman–Crippen MR) is 45.4 cm³/mol. The molecule has 68 valence electrons. The summed E-state index contributed by atoms with van der Waals surface area (Å²) in [4.78, 5) is 0. The lowest BCUT2D eigenvalue weighted by atomic mass is 10.4. The summed E-state index contributed by atoms with van der Waals surface area (Å²) in [5.41, 5.74) is 0. The molecule has 0 amide bonds. The fourth-order valence-electron chi connectivity index (χ4n) is 0.640. The van der Waals surface area contributed by atoms with Gasteiger partial charge in [-0.05, 0) is 20.3 Å². The molecule has 11 heavy (non-hydrogen) atoms. The summed E-state index contributed by atoms with van der Waals surface area (Å²) in [5.74, 6) is 0.222. The van der Waals surface area contributed by atoms with Crippen LogP contribution < -0.4 is 0 Å². The number of sulfone groups is 1. The number of hydrogen-bond donors (Lipinski definition) is 0. The van der Waals surface area contributed by atoms with E-state index in [-0.39, 0.29) is 11.9 Å². The first-order valence-corrected chi connectivity index (χ1v) is 5.77. The van der Waals surface area contributed by atoms with Gasteiger partial charge in [0.2, 0.25) is 0 Å². The molecule has 0 saturated heterocycles. The third kappa shape index (κ3) is 9.91. The van der Waals surface area contributed by atoms with E-state index in [0.717, 1.165) is 0 Å². The van der Waals surface area contributed by atoms with Crippen LogP contribution in [0.3, 0.4) is 0 Å². The van der Waals surface area contributed by atoms with Gasteiger partial charge in [0.1, 0.15) is 9.84 Å². The second-order valence-electron chi connectivity index (χ2n) is 2.90. The number of hydrogen-bond acceptors (Lipinski definition) is 3. The second-order valence-corrected chi connectivity index (χ2v) is 5.16. The molecule has 0 atom stereocenters. The van der Waals surface area contributed by atoms with Crippen molar-refractivity contribution in [2.45, 2.75) is 26.4 Å². The monoisotopic (exact) mass is 180 g/mol. The Morgan fingerprint density at radius 1 is 1.36 bits per heavy atom. The quantitative estimate of drug-likeness (QED) is 0.589. The van der Waals surface area contributed by atoms with Gasteiger partial charge in [-0.1, -0.05) is 0 Å². The van der Waals surface area contributed by atoms with Gasteiger partial charge in [0.05, 0.1) is 11.9 Å². The van der Waals surface area contributed by atoms with Crippen molar-refractivity contribution in [1.29, 1.82) is 0 Å². The molecule has 0 aromatic heterocycles. The van der Waals surface area contributed by atoms with Crippen molar-refractivity contribution in [3.05, 3.63) is 0 Å². The highest BCUT2D eigenvalue weighted by Gasteiger charge is 2.01. The fourth-order valence-corrected chi connectivity index (χ4v) is 1.28. The summed E-state index contributed by atoms with van der Waals surface area (Å²) in [6, 6.07) is 0. The normalized spacial score (nSPS) is 12.4. The highest BCUT2D eigenvalue weighted by Crippen LogP contribution is 1.93. The van der Waals surface area contributed by atoms with Crippen LogP contribution in [0.1, 0.15) is 20.3 Å². The molecule has 0 aliphatic heterocycles. The van der Waals surface area contributed by atoms with Crippen LogP contribution in [-0.4, -0.2) is 33.1 Å². The van der Waals surface area contributed by atoms with Gasteiger partial charge in [0.25, 0.3) is 0 Å². The molecule has 0 heterocycles. The van der Waals surface area contributed by atoms with Gasteiger partial charge in [0.15, 0.2) is 0 Å². The first kappa shape index (κ1) is 10.9. The van der Waals surface area contributed by atoms with Crippen LogP contribution in [0.2, 0.25) is 0 Å². The molecule has 0 unspecified atom stereocenters.